The highest BCUT2D eigenvalue weighted by Gasteiger charge is 2.28. The molecule has 0 spiro atoms. The number of carbonyl (C=O) groups excluding carboxylic acids is 1. The summed E-state index contributed by atoms with van der Waals surface area (Å²) >= 11 is 0. The van der Waals surface area contributed by atoms with Crippen LogP contribution in [0.3, 0.4) is 0 Å². The van der Waals surface area contributed by atoms with Crippen LogP contribution in [0.2, 0.25) is 0 Å². The fourth-order valence-electron chi connectivity index (χ4n) is 2.90. The molecule has 1 aromatic heterocycles. The van der Waals surface area contributed by atoms with Gasteiger partial charge in [0, 0.05) is 44.0 Å². The molecule has 2 N–H and O–H groups in total. The molecule has 1 aliphatic carbocycles. The summed E-state index contributed by atoms with van der Waals surface area (Å²) in [5.74, 6) is 1.44. The number of nitrogens with zero attached hydrogens (tertiary/aromatic N) is 3. The molecule has 1 aromatic rings. The van der Waals surface area contributed by atoms with E-state index in [0.717, 1.165) is 44.2 Å². The third-order valence-corrected chi connectivity index (χ3v) is 4.38. The molecule has 1 aliphatic heterocycles. The number of aromatic nitrogens is 1. The molecular weight excluding hydrogens is 264 g/mol. The first-order valence-electron chi connectivity index (χ1n) is 7.93. The summed E-state index contributed by atoms with van der Waals surface area (Å²) in [5, 5.41) is 0. The summed E-state index contributed by atoms with van der Waals surface area (Å²) in [5.41, 5.74) is 7.35. The highest BCUT2D eigenvalue weighted by Crippen LogP contribution is 2.30. The first-order valence-corrected chi connectivity index (χ1v) is 7.93. The largest absolute Gasteiger partial charge is 0.384 e. The molecule has 0 aromatic carbocycles. The van der Waals surface area contributed by atoms with Crippen molar-refractivity contribution in [1.82, 2.24) is 14.8 Å². The average molecular weight is 288 g/mol. The van der Waals surface area contributed by atoms with Gasteiger partial charge in [-0.3, -0.25) is 9.69 Å². The molecule has 0 bridgehead atoms. The first-order chi connectivity index (χ1) is 10.2. The van der Waals surface area contributed by atoms with Crippen LogP contribution in [0.15, 0.2) is 12.1 Å². The van der Waals surface area contributed by atoms with Gasteiger partial charge in [0.1, 0.15) is 5.82 Å². The fraction of sp³-hybridized carbons (Fsp3) is 0.625. The van der Waals surface area contributed by atoms with E-state index in [1.807, 2.05) is 17.9 Å². The lowest BCUT2D eigenvalue weighted by Gasteiger charge is -2.34. The average Bonchev–Trinajstić information content (AvgIpc) is 3.30. The monoisotopic (exact) mass is 288 g/mol. The number of anilines is 1. The van der Waals surface area contributed by atoms with Gasteiger partial charge < -0.3 is 10.6 Å². The summed E-state index contributed by atoms with van der Waals surface area (Å²) in [6, 6.07) is 3.56. The van der Waals surface area contributed by atoms with E-state index in [9.17, 15) is 4.79 Å². The molecule has 2 aliphatic rings. The van der Waals surface area contributed by atoms with Gasteiger partial charge in [0.25, 0.3) is 5.91 Å². The summed E-state index contributed by atoms with van der Waals surface area (Å²) < 4.78 is 0. The molecule has 5 nitrogen and oxygen atoms in total. The van der Waals surface area contributed by atoms with Gasteiger partial charge in [-0.15, -0.1) is 0 Å². The van der Waals surface area contributed by atoms with Crippen LogP contribution in [0.1, 0.15) is 35.8 Å². The summed E-state index contributed by atoms with van der Waals surface area (Å²) in [7, 11) is 0. The van der Waals surface area contributed by atoms with Gasteiger partial charge in [-0.2, -0.15) is 0 Å². The van der Waals surface area contributed by atoms with Crippen LogP contribution >= 0.6 is 0 Å². The van der Waals surface area contributed by atoms with E-state index in [1.54, 1.807) is 6.07 Å². The number of rotatable bonds is 4. The Morgan fingerprint density at radius 1 is 1.29 bits per heavy atom. The molecule has 2 heterocycles. The van der Waals surface area contributed by atoms with Crippen molar-refractivity contribution in [1.29, 1.82) is 0 Å². The van der Waals surface area contributed by atoms with E-state index in [0.29, 0.717) is 11.4 Å². The molecule has 3 rings (SSSR count). The van der Waals surface area contributed by atoms with Gasteiger partial charge in [0.2, 0.25) is 0 Å². The molecule has 1 saturated heterocycles. The highest BCUT2D eigenvalue weighted by atomic mass is 16.2. The van der Waals surface area contributed by atoms with Crippen molar-refractivity contribution < 1.29 is 4.79 Å². The zero-order valence-electron chi connectivity index (χ0n) is 12.7. The number of nitrogens with two attached hydrogens (primary N) is 1. The standard InChI is InChI=1S/C16H24N4O/c1-2-14-9-13(10-15(17)18-14)16(21)20-7-5-19(6-8-20)11-12-3-4-12/h9-10,12H,2-8,11H2,1H3,(H2,17,18). The van der Waals surface area contributed by atoms with E-state index in [1.165, 1.54) is 19.4 Å². The van der Waals surface area contributed by atoms with Crippen molar-refractivity contribution in [3.63, 3.8) is 0 Å². The van der Waals surface area contributed by atoms with Crippen molar-refractivity contribution in [3.05, 3.63) is 23.4 Å². The number of hydrogen-bond acceptors (Lipinski definition) is 4. The SMILES string of the molecule is CCc1cc(C(=O)N2CCN(CC3CC3)CC2)cc(N)n1. The third-order valence-electron chi connectivity index (χ3n) is 4.38. The number of piperazine rings is 1. The normalized spacial score (nSPS) is 19.8. The molecule has 2 fully saturated rings. The van der Waals surface area contributed by atoms with Crippen LogP contribution < -0.4 is 5.73 Å². The predicted molar refractivity (Wildman–Crippen MR) is 83.1 cm³/mol. The Morgan fingerprint density at radius 3 is 2.62 bits per heavy atom. The first kappa shape index (κ1) is 14.3. The molecule has 0 unspecified atom stereocenters. The Hall–Kier alpha value is -1.62. The van der Waals surface area contributed by atoms with Crippen molar-refractivity contribution in [3.8, 4) is 0 Å². The second-order valence-corrected chi connectivity index (χ2v) is 6.16. The van der Waals surface area contributed by atoms with Crippen molar-refractivity contribution in [2.45, 2.75) is 26.2 Å². The summed E-state index contributed by atoms with van der Waals surface area (Å²) in [6.45, 7) is 6.84. The van der Waals surface area contributed by atoms with Crippen LogP contribution in [0.4, 0.5) is 5.82 Å². The van der Waals surface area contributed by atoms with Gasteiger partial charge >= 0.3 is 0 Å². The summed E-state index contributed by atoms with van der Waals surface area (Å²) in [4.78, 5) is 21.2. The smallest absolute Gasteiger partial charge is 0.254 e. The van der Waals surface area contributed by atoms with E-state index in [4.69, 9.17) is 5.73 Å². The van der Waals surface area contributed by atoms with E-state index in [2.05, 4.69) is 9.88 Å². The Morgan fingerprint density at radius 2 is 2.00 bits per heavy atom. The topological polar surface area (TPSA) is 62.5 Å². The molecule has 1 saturated carbocycles. The molecule has 21 heavy (non-hydrogen) atoms. The Balaban J connectivity index is 1.61. The van der Waals surface area contributed by atoms with E-state index < -0.39 is 0 Å². The fourth-order valence-corrected chi connectivity index (χ4v) is 2.90. The Kier molecular flexibility index (Phi) is 4.10. The maximum atomic E-state index is 12.6. The second-order valence-electron chi connectivity index (χ2n) is 6.16. The van der Waals surface area contributed by atoms with E-state index in [-0.39, 0.29) is 5.91 Å². The minimum atomic E-state index is 0.0878. The number of amides is 1. The van der Waals surface area contributed by atoms with Crippen LogP contribution in [-0.4, -0.2) is 53.4 Å². The number of aryl methyl sites for hydroxylation is 1. The second kappa shape index (κ2) is 6.02. The van der Waals surface area contributed by atoms with Gasteiger partial charge in [0.05, 0.1) is 0 Å². The molecule has 5 heteroatoms. The zero-order valence-corrected chi connectivity index (χ0v) is 12.7. The number of hydrogen-bond donors (Lipinski definition) is 1. The number of nitrogen functional groups attached to an aromatic ring is 1. The molecule has 1 amide bonds. The predicted octanol–water partition coefficient (Wildman–Crippen LogP) is 1.39. The summed E-state index contributed by atoms with van der Waals surface area (Å²) in [6.07, 6.45) is 3.56. The Labute approximate surface area is 126 Å². The molecule has 114 valence electrons. The van der Waals surface area contributed by atoms with Crippen molar-refractivity contribution >= 4 is 11.7 Å². The molecule has 0 atom stereocenters. The van der Waals surface area contributed by atoms with Crippen LogP contribution in [0, 0.1) is 5.92 Å². The van der Waals surface area contributed by atoms with Gasteiger partial charge in [0.15, 0.2) is 0 Å². The van der Waals surface area contributed by atoms with Gasteiger partial charge in [-0.05, 0) is 37.3 Å². The Bertz CT molecular complexity index is 519. The van der Waals surface area contributed by atoms with Gasteiger partial charge in [-0.1, -0.05) is 6.92 Å². The lowest BCUT2D eigenvalue weighted by atomic mass is 10.1. The third kappa shape index (κ3) is 3.53. The lowest BCUT2D eigenvalue weighted by Crippen LogP contribution is -2.49. The minimum Gasteiger partial charge on any atom is -0.384 e. The van der Waals surface area contributed by atoms with Crippen molar-refractivity contribution in [2.75, 3.05) is 38.5 Å². The highest BCUT2D eigenvalue weighted by molar-refractivity contribution is 5.95. The lowest BCUT2D eigenvalue weighted by molar-refractivity contribution is 0.0632. The van der Waals surface area contributed by atoms with Gasteiger partial charge in [-0.25, -0.2) is 4.98 Å². The number of carbonyl (C=O) groups is 1. The van der Waals surface area contributed by atoms with Crippen LogP contribution in [0.5, 0.6) is 0 Å². The van der Waals surface area contributed by atoms with Crippen LogP contribution in [0.25, 0.3) is 0 Å². The van der Waals surface area contributed by atoms with Crippen LogP contribution in [-0.2, 0) is 6.42 Å². The molecule has 0 radical (unpaired) electrons. The maximum absolute atomic E-state index is 12.6. The van der Waals surface area contributed by atoms with Crippen molar-refractivity contribution in [2.24, 2.45) is 5.92 Å². The zero-order chi connectivity index (χ0) is 14.8. The molecular formula is C16H24N4O. The van der Waals surface area contributed by atoms with E-state index >= 15 is 0 Å². The maximum Gasteiger partial charge on any atom is 0.254 e. The number of pyridine rings is 1. The quantitative estimate of drug-likeness (QED) is 0.909. The minimum absolute atomic E-state index is 0.0878.